The van der Waals surface area contributed by atoms with Gasteiger partial charge < -0.3 is 14.8 Å². The van der Waals surface area contributed by atoms with E-state index in [0.29, 0.717) is 11.3 Å². The summed E-state index contributed by atoms with van der Waals surface area (Å²) in [5.41, 5.74) is -0.311. The van der Waals surface area contributed by atoms with Crippen LogP contribution in [-0.4, -0.2) is 17.6 Å². The number of hydrogen-bond acceptors (Lipinski definition) is 3. The van der Waals surface area contributed by atoms with Crippen LogP contribution in [0.25, 0.3) is 0 Å². The van der Waals surface area contributed by atoms with Gasteiger partial charge >= 0.3 is 6.18 Å². The second-order valence-electron chi connectivity index (χ2n) is 5.55. The van der Waals surface area contributed by atoms with Gasteiger partial charge in [0.1, 0.15) is 11.8 Å². The first kappa shape index (κ1) is 18.1. The summed E-state index contributed by atoms with van der Waals surface area (Å²) in [7, 11) is 0. The smallest absolute Gasteiger partial charge is 0.416 e. The molecule has 0 fully saturated rings. The molecule has 0 aliphatic rings. The minimum absolute atomic E-state index is 0.00147. The number of benzene rings is 1. The van der Waals surface area contributed by atoms with Gasteiger partial charge in [-0.05, 0) is 29.7 Å². The third kappa shape index (κ3) is 4.61. The molecule has 2 atom stereocenters. The van der Waals surface area contributed by atoms with E-state index in [9.17, 15) is 23.1 Å². The lowest BCUT2D eigenvalue weighted by Crippen LogP contribution is -2.31. The van der Waals surface area contributed by atoms with Gasteiger partial charge in [-0.3, -0.25) is 4.79 Å². The zero-order chi connectivity index (χ0) is 17.7. The fourth-order valence-corrected chi connectivity index (χ4v) is 2.37. The molecule has 1 aromatic heterocycles. The lowest BCUT2D eigenvalue weighted by atomic mass is 9.95. The molecule has 0 spiro atoms. The van der Waals surface area contributed by atoms with Crippen LogP contribution in [-0.2, 0) is 11.0 Å². The number of furan rings is 1. The van der Waals surface area contributed by atoms with Gasteiger partial charge in [0.15, 0.2) is 0 Å². The molecule has 1 heterocycles. The van der Waals surface area contributed by atoms with Crippen molar-refractivity contribution >= 4 is 5.91 Å². The van der Waals surface area contributed by atoms with Crippen molar-refractivity contribution in [2.45, 2.75) is 31.5 Å². The van der Waals surface area contributed by atoms with E-state index in [4.69, 9.17) is 4.42 Å². The SMILES string of the molecule is CC(CC(=O)NC(CO)c1ccco1)c1cccc(C(F)(F)F)c1. The summed E-state index contributed by atoms with van der Waals surface area (Å²) in [5.74, 6) is -0.365. The number of carbonyl (C=O) groups excluding carboxylic acids is 1. The van der Waals surface area contributed by atoms with Crippen LogP contribution in [0, 0.1) is 0 Å². The molecule has 0 bridgehead atoms. The Hall–Kier alpha value is -2.28. The Balaban J connectivity index is 2.01. The van der Waals surface area contributed by atoms with Crippen molar-refractivity contribution in [3.63, 3.8) is 0 Å². The molecule has 7 heteroatoms. The minimum Gasteiger partial charge on any atom is -0.467 e. The van der Waals surface area contributed by atoms with Gasteiger partial charge in [-0.15, -0.1) is 0 Å². The second kappa shape index (κ2) is 7.53. The highest BCUT2D eigenvalue weighted by molar-refractivity contribution is 5.77. The highest BCUT2D eigenvalue weighted by Crippen LogP contribution is 2.31. The predicted octanol–water partition coefficient (Wildman–Crippen LogP) is 3.64. The highest BCUT2D eigenvalue weighted by atomic mass is 19.4. The Morgan fingerprint density at radius 3 is 2.62 bits per heavy atom. The average Bonchev–Trinajstić information content (AvgIpc) is 3.06. The highest BCUT2D eigenvalue weighted by Gasteiger charge is 2.30. The first-order valence-electron chi connectivity index (χ1n) is 7.42. The molecule has 1 aromatic carbocycles. The molecule has 0 aliphatic carbocycles. The Morgan fingerprint density at radius 2 is 2.04 bits per heavy atom. The molecular weight excluding hydrogens is 323 g/mol. The molecule has 0 saturated heterocycles. The largest absolute Gasteiger partial charge is 0.467 e. The van der Waals surface area contributed by atoms with E-state index in [2.05, 4.69) is 5.32 Å². The van der Waals surface area contributed by atoms with Gasteiger partial charge in [-0.2, -0.15) is 13.2 Å². The number of aliphatic hydroxyl groups excluding tert-OH is 1. The minimum atomic E-state index is -4.42. The molecule has 2 unspecified atom stereocenters. The first-order valence-corrected chi connectivity index (χ1v) is 7.42. The fraction of sp³-hybridized carbons (Fsp3) is 0.353. The van der Waals surface area contributed by atoms with Gasteiger partial charge in [0, 0.05) is 6.42 Å². The number of aliphatic hydroxyl groups is 1. The van der Waals surface area contributed by atoms with Crippen molar-refractivity contribution in [3.8, 4) is 0 Å². The van der Waals surface area contributed by atoms with E-state index in [1.807, 2.05) is 0 Å². The van der Waals surface area contributed by atoms with Gasteiger partial charge in [0.05, 0.1) is 18.4 Å². The van der Waals surface area contributed by atoms with Crippen molar-refractivity contribution in [3.05, 3.63) is 59.5 Å². The number of carbonyl (C=O) groups is 1. The monoisotopic (exact) mass is 341 g/mol. The third-order valence-corrected chi connectivity index (χ3v) is 3.68. The Kier molecular flexibility index (Phi) is 5.66. The van der Waals surface area contributed by atoms with Crippen LogP contribution in [0.3, 0.4) is 0 Å². The van der Waals surface area contributed by atoms with Crippen LogP contribution in [0.4, 0.5) is 13.2 Å². The molecule has 130 valence electrons. The van der Waals surface area contributed by atoms with Crippen LogP contribution >= 0.6 is 0 Å². The molecule has 2 N–H and O–H groups in total. The number of rotatable bonds is 6. The van der Waals surface area contributed by atoms with Gasteiger partial charge in [-0.1, -0.05) is 25.1 Å². The number of nitrogens with one attached hydrogen (secondary N) is 1. The number of alkyl halides is 3. The van der Waals surface area contributed by atoms with Gasteiger partial charge in [-0.25, -0.2) is 0 Å². The molecule has 1 amide bonds. The predicted molar refractivity (Wildman–Crippen MR) is 81.2 cm³/mol. The maximum absolute atomic E-state index is 12.8. The van der Waals surface area contributed by atoms with Gasteiger partial charge in [0.25, 0.3) is 0 Å². The lowest BCUT2D eigenvalue weighted by Gasteiger charge is -2.17. The first-order chi connectivity index (χ1) is 11.3. The van der Waals surface area contributed by atoms with Crippen molar-refractivity contribution in [2.75, 3.05) is 6.61 Å². The summed E-state index contributed by atoms with van der Waals surface area (Å²) >= 11 is 0. The van der Waals surface area contributed by atoms with E-state index < -0.39 is 23.7 Å². The van der Waals surface area contributed by atoms with Crippen molar-refractivity contribution in [1.82, 2.24) is 5.32 Å². The molecular formula is C17H18F3NO3. The lowest BCUT2D eigenvalue weighted by molar-refractivity contribution is -0.137. The molecule has 0 radical (unpaired) electrons. The molecule has 0 saturated carbocycles. The van der Waals surface area contributed by atoms with Crippen LogP contribution in [0.1, 0.15) is 42.2 Å². The van der Waals surface area contributed by atoms with Gasteiger partial charge in [0.2, 0.25) is 5.91 Å². The average molecular weight is 341 g/mol. The second-order valence-corrected chi connectivity index (χ2v) is 5.55. The fourth-order valence-electron chi connectivity index (χ4n) is 2.37. The standard InChI is InChI=1S/C17H18F3NO3/c1-11(12-4-2-5-13(9-12)17(18,19)20)8-16(23)21-14(10-22)15-6-3-7-24-15/h2-7,9,11,14,22H,8,10H2,1H3,(H,21,23). The maximum atomic E-state index is 12.8. The summed E-state index contributed by atoms with van der Waals surface area (Å²) in [6, 6.07) is 7.51. The van der Waals surface area contributed by atoms with Crippen LogP contribution in [0.5, 0.6) is 0 Å². The number of hydrogen-bond donors (Lipinski definition) is 2. The summed E-state index contributed by atoms with van der Waals surface area (Å²) in [5, 5.41) is 11.9. The van der Waals surface area contributed by atoms with Crippen LogP contribution in [0.15, 0.2) is 47.1 Å². The molecule has 2 rings (SSSR count). The topological polar surface area (TPSA) is 62.5 Å². The van der Waals surface area contributed by atoms with E-state index in [-0.39, 0.29) is 18.9 Å². The van der Waals surface area contributed by atoms with Crippen LogP contribution in [0.2, 0.25) is 0 Å². The molecule has 24 heavy (non-hydrogen) atoms. The molecule has 0 aliphatic heterocycles. The Bertz CT molecular complexity index is 668. The normalized spacial score (nSPS) is 14.2. The van der Waals surface area contributed by atoms with Crippen molar-refractivity contribution < 1.29 is 27.5 Å². The quantitative estimate of drug-likeness (QED) is 0.843. The van der Waals surface area contributed by atoms with E-state index in [0.717, 1.165) is 12.1 Å². The zero-order valence-electron chi connectivity index (χ0n) is 13.0. The summed E-state index contributed by atoms with van der Waals surface area (Å²) in [4.78, 5) is 12.1. The molecule has 2 aromatic rings. The van der Waals surface area contributed by atoms with Crippen LogP contribution < -0.4 is 5.32 Å². The van der Waals surface area contributed by atoms with E-state index in [1.54, 1.807) is 25.1 Å². The maximum Gasteiger partial charge on any atom is 0.416 e. The third-order valence-electron chi connectivity index (χ3n) is 3.68. The van der Waals surface area contributed by atoms with Crippen molar-refractivity contribution in [1.29, 1.82) is 0 Å². The summed E-state index contributed by atoms with van der Waals surface area (Å²) in [6.45, 7) is 1.34. The zero-order valence-corrected chi connectivity index (χ0v) is 13.0. The van der Waals surface area contributed by atoms with E-state index >= 15 is 0 Å². The summed E-state index contributed by atoms with van der Waals surface area (Å²) < 4.78 is 43.4. The van der Waals surface area contributed by atoms with E-state index in [1.165, 1.54) is 12.3 Å². The number of halogens is 3. The Morgan fingerprint density at radius 1 is 1.29 bits per heavy atom. The summed E-state index contributed by atoms with van der Waals surface area (Å²) in [6.07, 6.45) is -2.99. The Labute approximate surface area is 137 Å². The van der Waals surface area contributed by atoms with Crippen molar-refractivity contribution in [2.24, 2.45) is 0 Å². The number of amides is 1. The molecule has 4 nitrogen and oxygen atoms in total.